The molecule has 0 aliphatic carbocycles. The molecule has 1 aliphatic heterocycles. The molecule has 4 rings (SSSR count). The van der Waals surface area contributed by atoms with Crippen LogP contribution in [0.15, 0.2) is 84.9 Å². The normalized spacial score (nSPS) is 19.4. The molecule has 0 N–H and O–H groups in total. The van der Waals surface area contributed by atoms with Gasteiger partial charge >= 0.3 is 0 Å². The first-order valence-electron chi connectivity index (χ1n) is 9.79. The van der Waals surface area contributed by atoms with Gasteiger partial charge in [-0.05, 0) is 35.2 Å². The Morgan fingerprint density at radius 3 is 2.00 bits per heavy atom. The van der Waals surface area contributed by atoms with Crippen molar-refractivity contribution in [1.82, 2.24) is 4.90 Å². The van der Waals surface area contributed by atoms with Crippen LogP contribution in [-0.4, -0.2) is 16.7 Å². The molecule has 3 aromatic carbocycles. The molecule has 3 aromatic rings. The first-order valence-corrected chi connectivity index (χ1v) is 9.79. The fourth-order valence-corrected chi connectivity index (χ4v) is 4.03. The molecule has 0 unspecified atom stereocenters. The van der Waals surface area contributed by atoms with Crippen molar-refractivity contribution in [2.45, 2.75) is 25.3 Å². The van der Waals surface area contributed by atoms with E-state index in [-0.39, 0.29) is 42.4 Å². The van der Waals surface area contributed by atoms with Crippen LogP contribution in [0.1, 0.15) is 29.0 Å². The van der Waals surface area contributed by atoms with E-state index in [2.05, 4.69) is 0 Å². The summed E-state index contributed by atoms with van der Waals surface area (Å²) < 4.78 is 13.4. The smallest absolute Gasteiger partial charge is 0.233 e. The van der Waals surface area contributed by atoms with Crippen LogP contribution in [0.2, 0.25) is 0 Å². The fraction of sp³-hybridized carbons (Fsp3) is 0.200. The second kappa shape index (κ2) is 8.39. The Morgan fingerprint density at radius 1 is 0.793 bits per heavy atom. The van der Waals surface area contributed by atoms with Gasteiger partial charge in [0, 0.05) is 18.3 Å². The van der Waals surface area contributed by atoms with Gasteiger partial charge in [-0.3, -0.25) is 14.5 Å². The number of carbonyl (C=O) groups excluding carboxylic acids is 2. The zero-order valence-electron chi connectivity index (χ0n) is 16.0. The summed E-state index contributed by atoms with van der Waals surface area (Å²) in [6, 6.07) is 25.5. The van der Waals surface area contributed by atoms with Crippen LogP contribution in [0.3, 0.4) is 0 Å². The fourth-order valence-electron chi connectivity index (χ4n) is 4.03. The lowest BCUT2D eigenvalue weighted by molar-refractivity contribution is -0.153. The number of amides is 2. The Labute approximate surface area is 169 Å². The van der Waals surface area contributed by atoms with Crippen molar-refractivity contribution in [2.75, 3.05) is 0 Å². The molecular formula is C25H22FNO2. The molecule has 2 atom stereocenters. The standard InChI is InChI=1S/C25H22FNO2/c26-21-13-11-20(12-14-21)22-16-24(28)27(17-19-9-5-2-6-10-19)25(29)23(22)15-18-7-3-1-4-8-18/h1-14,22-23H,15-17H2/t22-,23-/m0/s1. The van der Waals surface area contributed by atoms with Crippen LogP contribution in [0.5, 0.6) is 0 Å². The molecule has 1 aliphatic rings. The summed E-state index contributed by atoms with van der Waals surface area (Å²) in [6.07, 6.45) is 0.780. The van der Waals surface area contributed by atoms with Gasteiger partial charge in [0.25, 0.3) is 0 Å². The maximum Gasteiger partial charge on any atom is 0.233 e. The number of halogens is 1. The lowest BCUT2D eigenvalue weighted by Gasteiger charge is -2.37. The molecule has 0 saturated carbocycles. The molecule has 146 valence electrons. The third-order valence-electron chi connectivity index (χ3n) is 5.54. The maximum atomic E-state index is 13.4. The number of likely N-dealkylation sites (tertiary alicyclic amines) is 1. The first kappa shape index (κ1) is 19.1. The molecule has 2 amide bonds. The molecule has 4 heteroatoms. The number of hydrogen-bond acceptors (Lipinski definition) is 2. The zero-order chi connectivity index (χ0) is 20.2. The minimum absolute atomic E-state index is 0.164. The minimum atomic E-state index is -0.371. The van der Waals surface area contributed by atoms with E-state index in [4.69, 9.17) is 0 Å². The van der Waals surface area contributed by atoms with Crippen molar-refractivity contribution in [2.24, 2.45) is 5.92 Å². The topological polar surface area (TPSA) is 37.4 Å². The van der Waals surface area contributed by atoms with Gasteiger partial charge in [-0.15, -0.1) is 0 Å². The monoisotopic (exact) mass is 387 g/mol. The summed E-state index contributed by atoms with van der Waals surface area (Å²) in [5.41, 5.74) is 2.80. The Bertz CT molecular complexity index is 986. The third kappa shape index (κ3) is 4.27. The number of hydrogen-bond donors (Lipinski definition) is 0. The van der Waals surface area contributed by atoms with Crippen LogP contribution >= 0.6 is 0 Å². The molecule has 1 fully saturated rings. The van der Waals surface area contributed by atoms with Gasteiger partial charge < -0.3 is 0 Å². The summed E-state index contributed by atoms with van der Waals surface area (Å²) in [4.78, 5) is 27.7. The Kier molecular flexibility index (Phi) is 5.52. The number of nitrogens with zero attached hydrogens (tertiary/aromatic N) is 1. The molecule has 0 radical (unpaired) electrons. The van der Waals surface area contributed by atoms with E-state index in [0.29, 0.717) is 6.42 Å². The van der Waals surface area contributed by atoms with E-state index >= 15 is 0 Å². The van der Waals surface area contributed by atoms with Gasteiger partial charge in [-0.25, -0.2) is 4.39 Å². The molecule has 0 spiro atoms. The number of benzene rings is 3. The Hall–Kier alpha value is -3.27. The number of imide groups is 1. The molecule has 0 bridgehead atoms. The van der Waals surface area contributed by atoms with Crippen LogP contribution < -0.4 is 0 Å². The van der Waals surface area contributed by atoms with Crippen LogP contribution in [0.4, 0.5) is 4.39 Å². The summed E-state index contributed by atoms with van der Waals surface area (Å²) in [5.74, 6) is -1.31. The van der Waals surface area contributed by atoms with Gasteiger partial charge in [-0.1, -0.05) is 72.8 Å². The van der Waals surface area contributed by atoms with Gasteiger partial charge in [0.1, 0.15) is 5.82 Å². The maximum absolute atomic E-state index is 13.4. The summed E-state index contributed by atoms with van der Waals surface area (Å²) >= 11 is 0. The molecule has 0 aromatic heterocycles. The Balaban J connectivity index is 1.66. The van der Waals surface area contributed by atoms with Crippen molar-refractivity contribution >= 4 is 11.8 Å². The minimum Gasteiger partial charge on any atom is -0.278 e. The highest BCUT2D eigenvalue weighted by molar-refractivity contribution is 6.00. The molecular weight excluding hydrogens is 365 g/mol. The van der Waals surface area contributed by atoms with Gasteiger partial charge in [0.15, 0.2) is 0 Å². The molecule has 3 nitrogen and oxygen atoms in total. The van der Waals surface area contributed by atoms with Crippen molar-refractivity contribution in [3.05, 3.63) is 107 Å². The van der Waals surface area contributed by atoms with E-state index in [1.165, 1.54) is 17.0 Å². The highest BCUT2D eigenvalue weighted by Crippen LogP contribution is 2.37. The Morgan fingerprint density at radius 2 is 1.38 bits per heavy atom. The second-order valence-corrected chi connectivity index (χ2v) is 7.46. The van der Waals surface area contributed by atoms with Crippen LogP contribution in [-0.2, 0) is 22.6 Å². The third-order valence-corrected chi connectivity index (χ3v) is 5.54. The largest absolute Gasteiger partial charge is 0.278 e. The van der Waals surface area contributed by atoms with Gasteiger partial charge in [0.05, 0.1) is 6.54 Å². The second-order valence-electron chi connectivity index (χ2n) is 7.46. The molecule has 29 heavy (non-hydrogen) atoms. The number of rotatable bonds is 5. The quantitative estimate of drug-likeness (QED) is 0.594. The van der Waals surface area contributed by atoms with E-state index < -0.39 is 0 Å². The summed E-state index contributed by atoms with van der Waals surface area (Å²) in [5, 5.41) is 0. The van der Waals surface area contributed by atoms with E-state index in [9.17, 15) is 14.0 Å². The van der Waals surface area contributed by atoms with Crippen molar-refractivity contribution in [1.29, 1.82) is 0 Å². The molecule has 1 heterocycles. The first-order chi connectivity index (χ1) is 14.1. The summed E-state index contributed by atoms with van der Waals surface area (Å²) in [7, 11) is 0. The highest BCUT2D eigenvalue weighted by Gasteiger charge is 2.41. The zero-order valence-corrected chi connectivity index (χ0v) is 16.0. The summed E-state index contributed by atoms with van der Waals surface area (Å²) in [6.45, 7) is 0.278. The van der Waals surface area contributed by atoms with Crippen LogP contribution in [0.25, 0.3) is 0 Å². The van der Waals surface area contributed by atoms with E-state index in [1.54, 1.807) is 12.1 Å². The lowest BCUT2D eigenvalue weighted by Crippen LogP contribution is -2.48. The molecule has 1 saturated heterocycles. The van der Waals surface area contributed by atoms with Gasteiger partial charge in [-0.2, -0.15) is 0 Å². The predicted octanol–water partition coefficient (Wildman–Crippen LogP) is 4.73. The average molecular weight is 387 g/mol. The number of piperidine rings is 1. The predicted molar refractivity (Wildman–Crippen MR) is 109 cm³/mol. The number of carbonyl (C=O) groups is 2. The van der Waals surface area contributed by atoms with E-state index in [0.717, 1.165) is 16.7 Å². The average Bonchev–Trinajstić information content (AvgIpc) is 2.75. The SMILES string of the molecule is O=C1C[C@@H](c2ccc(F)cc2)[C@H](Cc2ccccc2)C(=O)N1Cc1ccccc1. The van der Waals surface area contributed by atoms with E-state index in [1.807, 2.05) is 60.7 Å². The van der Waals surface area contributed by atoms with Crippen molar-refractivity contribution in [3.63, 3.8) is 0 Å². The van der Waals surface area contributed by atoms with Crippen LogP contribution in [0, 0.1) is 11.7 Å². The lowest BCUT2D eigenvalue weighted by atomic mass is 9.76. The van der Waals surface area contributed by atoms with Crippen molar-refractivity contribution in [3.8, 4) is 0 Å². The highest BCUT2D eigenvalue weighted by atomic mass is 19.1. The van der Waals surface area contributed by atoms with Gasteiger partial charge in [0.2, 0.25) is 11.8 Å². The van der Waals surface area contributed by atoms with Crippen molar-refractivity contribution < 1.29 is 14.0 Å².